The zero-order chi connectivity index (χ0) is 10.2. The van der Waals surface area contributed by atoms with Crippen molar-refractivity contribution in [2.24, 2.45) is 0 Å². The molecule has 0 atom stereocenters. The fourth-order valence-electron chi connectivity index (χ4n) is 1.22. The van der Waals surface area contributed by atoms with Gasteiger partial charge in [-0.15, -0.1) is 11.3 Å². The van der Waals surface area contributed by atoms with Crippen molar-refractivity contribution >= 4 is 21.6 Å². The van der Waals surface area contributed by atoms with Gasteiger partial charge in [-0.25, -0.2) is 4.98 Å². The second-order valence-electron chi connectivity index (χ2n) is 4.10. The van der Waals surface area contributed by atoms with Gasteiger partial charge in [0.05, 0.1) is 15.2 Å². The molecule has 74 valence electrons. The highest BCUT2D eigenvalue weighted by molar-refractivity contribution is 7.18. The van der Waals surface area contributed by atoms with Gasteiger partial charge in [0, 0.05) is 17.8 Å². The van der Waals surface area contributed by atoms with E-state index in [0.717, 1.165) is 11.9 Å². The van der Waals surface area contributed by atoms with E-state index in [-0.39, 0.29) is 5.41 Å². The standard InChI is InChI=1S/C11H14N2S/c1-4-11(2,3)10-13-8-5-6-12-7-9(8)14-10/h5-7H,4H2,1-3H3. The lowest BCUT2D eigenvalue weighted by Gasteiger charge is -2.18. The lowest BCUT2D eigenvalue weighted by atomic mass is 9.91. The van der Waals surface area contributed by atoms with Gasteiger partial charge in [0.1, 0.15) is 0 Å². The molecule has 0 aliphatic heterocycles. The predicted molar refractivity (Wildman–Crippen MR) is 60.7 cm³/mol. The smallest absolute Gasteiger partial charge is 0.0995 e. The fraction of sp³-hybridized carbons (Fsp3) is 0.455. The minimum Gasteiger partial charge on any atom is -0.263 e. The van der Waals surface area contributed by atoms with E-state index in [1.807, 2.05) is 12.3 Å². The monoisotopic (exact) mass is 206 g/mol. The highest BCUT2D eigenvalue weighted by atomic mass is 32.1. The Morgan fingerprint density at radius 3 is 2.86 bits per heavy atom. The summed E-state index contributed by atoms with van der Waals surface area (Å²) < 4.78 is 1.18. The fourth-order valence-corrected chi connectivity index (χ4v) is 2.33. The molecular formula is C11H14N2S. The van der Waals surface area contributed by atoms with Gasteiger partial charge in [0.2, 0.25) is 0 Å². The molecule has 0 bridgehead atoms. The van der Waals surface area contributed by atoms with Crippen LogP contribution in [0.25, 0.3) is 10.2 Å². The molecule has 0 unspecified atom stereocenters. The summed E-state index contributed by atoms with van der Waals surface area (Å²) in [5, 5.41) is 1.21. The molecule has 0 fully saturated rings. The summed E-state index contributed by atoms with van der Waals surface area (Å²) in [7, 11) is 0. The van der Waals surface area contributed by atoms with E-state index in [1.165, 1.54) is 9.71 Å². The van der Waals surface area contributed by atoms with E-state index in [4.69, 9.17) is 0 Å². The van der Waals surface area contributed by atoms with Crippen LogP contribution in [-0.2, 0) is 5.41 Å². The van der Waals surface area contributed by atoms with Crippen LogP contribution in [0.3, 0.4) is 0 Å². The third kappa shape index (κ3) is 1.52. The Kier molecular flexibility index (Phi) is 2.27. The zero-order valence-corrected chi connectivity index (χ0v) is 9.56. The van der Waals surface area contributed by atoms with Crippen LogP contribution in [0.4, 0.5) is 0 Å². The Morgan fingerprint density at radius 1 is 1.43 bits per heavy atom. The van der Waals surface area contributed by atoms with Gasteiger partial charge in [0.25, 0.3) is 0 Å². The number of hydrogen-bond donors (Lipinski definition) is 0. The van der Waals surface area contributed by atoms with Crippen LogP contribution in [0, 0.1) is 0 Å². The minimum atomic E-state index is 0.184. The van der Waals surface area contributed by atoms with Gasteiger partial charge in [-0.1, -0.05) is 20.8 Å². The largest absolute Gasteiger partial charge is 0.263 e. The first-order valence-electron chi connectivity index (χ1n) is 4.84. The average Bonchev–Trinajstić information content (AvgIpc) is 2.61. The molecule has 3 heteroatoms. The highest BCUT2D eigenvalue weighted by Gasteiger charge is 2.22. The van der Waals surface area contributed by atoms with Crippen LogP contribution in [-0.4, -0.2) is 9.97 Å². The lowest BCUT2D eigenvalue weighted by Crippen LogP contribution is -2.14. The van der Waals surface area contributed by atoms with Crippen molar-refractivity contribution in [1.29, 1.82) is 0 Å². The van der Waals surface area contributed by atoms with Crippen LogP contribution >= 0.6 is 11.3 Å². The molecule has 0 N–H and O–H groups in total. The maximum absolute atomic E-state index is 4.63. The summed E-state index contributed by atoms with van der Waals surface area (Å²) in [5.41, 5.74) is 1.26. The molecule has 0 amide bonds. The molecule has 0 saturated heterocycles. The van der Waals surface area contributed by atoms with E-state index < -0.39 is 0 Å². The van der Waals surface area contributed by atoms with Crippen molar-refractivity contribution < 1.29 is 0 Å². The first-order valence-corrected chi connectivity index (χ1v) is 5.66. The Hall–Kier alpha value is -0.960. The van der Waals surface area contributed by atoms with E-state index in [1.54, 1.807) is 17.5 Å². The van der Waals surface area contributed by atoms with Gasteiger partial charge in [-0.2, -0.15) is 0 Å². The van der Waals surface area contributed by atoms with Crippen LogP contribution in [0.1, 0.15) is 32.2 Å². The third-order valence-electron chi connectivity index (χ3n) is 2.65. The van der Waals surface area contributed by atoms with Gasteiger partial charge >= 0.3 is 0 Å². The van der Waals surface area contributed by atoms with Crippen LogP contribution in [0.5, 0.6) is 0 Å². The Labute approximate surface area is 88.0 Å². The maximum Gasteiger partial charge on any atom is 0.0995 e. The molecule has 0 aliphatic carbocycles. The molecule has 0 radical (unpaired) electrons. The topological polar surface area (TPSA) is 25.8 Å². The predicted octanol–water partition coefficient (Wildman–Crippen LogP) is 3.38. The molecule has 2 heterocycles. The summed E-state index contributed by atoms with van der Waals surface area (Å²) in [4.78, 5) is 8.74. The molecule has 0 aromatic carbocycles. The third-order valence-corrected chi connectivity index (χ3v) is 4.03. The number of nitrogens with zero attached hydrogens (tertiary/aromatic N) is 2. The van der Waals surface area contributed by atoms with E-state index in [0.29, 0.717) is 0 Å². The molecule has 2 nitrogen and oxygen atoms in total. The quantitative estimate of drug-likeness (QED) is 0.752. The lowest BCUT2D eigenvalue weighted by molar-refractivity contribution is 0.504. The molecule has 0 spiro atoms. The number of thiazole rings is 1. The second-order valence-corrected chi connectivity index (χ2v) is 5.13. The summed E-state index contributed by atoms with van der Waals surface area (Å²) in [6.07, 6.45) is 4.80. The Balaban J connectivity index is 2.55. The highest BCUT2D eigenvalue weighted by Crippen LogP contribution is 2.32. The summed E-state index contributed by atoms with van der Waals surface area (Å²) in [6.45, 7) is 6.67. The molecular weight excluding hydrogens is 192 g/mol. The molecule has 0 aliphatic rings. The molecule has 14 heavy (non-hydrogen) atoms. The van der Waals surface area contributed by atoms with Crippen LogP contribution in [0.15, 0.2) is 18.5 Å². The van der Waals surface area contributed by atoms with Crippen molar-refractivity contribution in [3.8, 4) is 0 Å². The normalized spacial score (nSPS) is 12.2. The molecule has 0 saturated carbocycles. The van der Waals surface area contributed by atoms with Crippen molar-refractivity contribution in [3.63, 3.8) is 0 Å². The van der Waals surface area contributed by atoms with Gasteiger partial charge in [0.15, 0.2) is 0 Å². The first-order chi connectivity index (χ1) is 6.63. The van der Waals surface area contributed by atoms with Crippen LogP contribution < -0.4 is 0 Å². The van der Waals surface area contributed by atoms with Gasteiger partial charge in [-0.05, 0) is 12.5 Å². The maximum atomic E-state index is 4.63. The van der Waals surface area contributed by atoms with Gasteiger partial charge in [-0.3, -0.25) is 4.98 Å². The van der Waals surface area contributed by atoms with Crippen molar-refractivity contribution in [2.75, 3.05) is 0 Å². The summed E-state index contributed by atoms with van der Waals surface area (Å²) in [5.74, 6) is 0. The number of rotatable bonds is 2. The number of aromatic nitrogens is 2. The number of hydrogen-bond acceptors (Lipinski definition) is 3. The first kappa shape index (κ1) is 9.59. The summed E-state index contributed by atoms with van der Waals surface area (Å²) >= 11 is 1.76. The average molecular weight is 206 g/mol. The number of fused-ring (bicyclic) bond motifs is 1. The Bertz CT molecular complexity index is 412. The second kappa shape index (κ2) is 3.31. The van der Waals surface area contributed by atoms with Crippen molar-refractivity contribution in [3.05, 3.63) is 23.5 Å². The SMILES string of the molecule is CCC(C)(C)c1nc2ccncc2s1. The minimum absolute atomic E-state index is 0.184. The van der Waals surface area contributed by atoms with E-state index >= 15 is 0 Å². The van der Waals surface area contributed by atoms with Crippen molar-refractivity contribution in [2.45, 2.75) is 32.6 Å². The molecule has 2 aromatic rings. The van der Waals surface area contributed by atoms with Crippen molar-refractivity contribution in [1.82, 2.24) is 9.97 Å². The molecule has 2 rings (SSSR count). The van der Waals surface area contributed by atoms with E-state index in [9.17, 15) is 0 Å². The summed E-state index contributed by atoms with van der Waals surface area (Å²) in [6, 6.07) is 1.97. The van der Waals surface area contributed by atoms with E-state index in [2.05, 4.69) is 30.7 Å². The number of pyridine rings is 1. The van der Waals surface area contributed by atoms with Gasteiger partial charge < -0.3 is 0 Å². The zero-order valence-electron chi connectivity index (χ0n) is 8.74. The Morgan fingerprint density at radius 2 is 2.21 bits per heavy atom. The van der Waals surface area contributed by atoms with Crippen LogP contribution in [0.2, 0.25) is 0 Å². The molecule has 2 aromatic heterocycles.